The first-order valence-corrected chi connectivity index (χ1v) is 17.5. The third-order valence-electron chi connectivity index (χ3n) is 10.9. The highest BCUT2D eigenvalue weighted by Crippen LogP contribution is 2.66. The van der Waals surface area contributed by atoms with Gasteiger partial charge in [-0.05, 0) is 105 Å². The highest BCUT2D eigenvalue weighted by molar-refractivity contribution is 7.20. The van der Waals surface area contributed by atoms with Crippen LogP contribution in [0.1, 0.15) is 32.7 Å². The minimum atomic E-state index is -0.336. The predicted octanol–water partition coefficient (Wildman–Crippen LogP) is 12.3. The zero-order valence-corrected chi connectivity index (χ0v) is 27.0. The lowest BCUT2D eigenvalue weighted by Gasteiger charge is -2.30. The Hall–Kier alpha value is -5.70. The van der Waals surface area contributed by atoms with Crippen LogP contribution in [0.3, 0.4) is 0 Å². The minimum absolute atomic E-state index is 0.336. The molecule has 0 fully saturated rings. The Morgan fingerprint density at radius 3 is 1.85 bits per heavy atom. The largest absolute Gasteiger partial charge is 0.310 e. The van der Waals surface area contributed by atoms with E-state index in [0.717, 1.165) is 12.1 Å². The topological polar surface area (TPSA) is 3.24 Å². The molecule has 1 aromatic heterocycles. The van der Waals surface area contributed by atoms with E-state index in [-0.39, 0.29) is 5.41 Å². The number of hydrogen-bond acceptors (Lipinski definition) is 2. The maximum Gasteiger partial charge on any atom is 0.0819 e. The van der Waals surface area contributed by atoms with Crippen molar-refractivity contribution in [3.05, 3.63) is 196 Å². The molecule has 3 aliphatic carbocycles. The zero-order chi connectivity index (χ0) is 31.4. The van der Waals surface area contributed by atoms with Gasteiger partial charge in [-0.25, -0.2) is 0 Å². The Labute approximate surface area is 284 Å². The van der Waals surface area contributed by atoms with Gasteiger partial charge in [-0.2, -0.15) is 0 Å². The van der Waals surface area contributed by atoms with E-state index in [1.807, 2.05) is 11.3 Å². The van der Waals surface area contributed by atoms with Crippen LogP contribution in [0, 0.1) is 0 Å². The molecule has 0 radical (unpaired) electrons. The molecule has 0 aliphatic heterocycles. The second-order valence-corrected chi connectivity index (χ2v) is 14.3. The van der Waals surface area contributed by atoms with Crippen LogP contribution in [-0.2, 0) is 11.8 Å². The zero-order valence-electron chi connectivity index (χ0n) is 26.2. The van der Waals surface area contributed by atoms with Gasteiger partial charge >= 0.3 is 0 Å². The molecule has 3 aliphatic rings. The molecule has 0 saturated carbocycles. The van der Waals surface area contributed by atoms with Gasteiger partial charge in [0.1, 0.15) is 0 Å². The van der Waals surface area contributed by atoms with E-state index in [4.69, 9.17) is 0 Å². The predicted molar refractivity (Wildman–Crippen MR) is 201 cm³/mol. The lowest BCUT2D eigenvalue weighted by molar-refractivity contribution is 0.811. The van der Waals surface area contributed by atoms with Crippen LogP contribution >= 0.6 is 11.3 Å². The van der Waals surface area contributed by atoms with E-state index < -0.39 is 0 Å². The average Bonchev–Trinajstić information content (AvgIpc) is 3.87. The van der Waals surface area contributed by atoms with Crippen LogP contribution in [0.2, 0.25) is 0 Å². The Morgan fingerprint density at radius 1 is 0.438 bits per heavy atom. The van der Waals surface area contributed by atoms with Gasteiger partial charge in [0, 0.05) is 37.6 Å². The van der Waals surface area contributed by atoms with Crippen molar-refractivity contribution in [2.75, 3.05) is 4.90 Å². The maximum atomic E-state index is 2.47. The Kier molecular flexibility index (Phi) is 5.31. The number of thiophene rings is 1. The number of benzene rings is 7. The summed E-state index contributed by atoms with van der Waals surface area (Å²) in [4.78, 5) is 3.88. The molecule has 0 amide bonds. The van der Waals surface area contributed by atoms with Gasteiger partial charge in [0.15, 0.2) is 0 Å². The number of hydrogen-bond donors (Lipinski definition) is 0. The van der Waals surface area contributed by atoms with Gasteiger partial charge < -0.3 is 4.90 Å². The Bertz CT molecular complexity index is 2560. The summed E-state index contributed by atoms with van der Waals surface area (Å²) < 4.78 is 1.35. The lowest BCUT2D eigenvalue weighted by atomic mass is 9.74. The highest BCUT2D eigenvalue weighted by Gasteiger charge is 2.53. The molecular weight excluding hydrogens is 599 g/mol. The first-order chi connectivity index (χ1) is 23.8. The average molecular weight is 628 g/mol. The smallest absolute Gasteiger partial charge is 0.0819 e. The van der Waals surface area contributed by atoms with Gasteiger partial charge in [0.25, 0.3) is 0 Å². The first-order valence-electron chi connectivity index (χ1n) is 16.7. The highest BCUT2D eigenvalue weighted by atomic mass is 32.1. The van der Waals surface area contributed by atoms with Crippen LogP contribution in [0.25, 0.3) is 43.5 Å². The molecule has 0 bridgehead atoms. The van der Waals surface area contributed by atoms with E-state index in [9.17, 15) is 0 Å². The molecule has 0 atom stereocenters. The van der Waals surface area contributed by atoms with Crippen LogP contribution in [0.5, 0.6) is 0 Å². The van der Waals surface area contributed by atoms with E-state index in [2.05, 4.69) is 169 Å². The van der Waals surface area contributed by atoms with Gasteiger partial charge in [-0.15, -0.1) is 11.3 Å². The summed E-state index contributed by atoms with van der Waals surface area (Å²) in [5.41, 5.74) is 18.3. The monoisotopic (exact) mass is 627 g/mol. The molecular formula is C46H29NS. The fourth-order valence-electron chi connectivity index (χ4n) is 8.97. The third-order valence-corrected chi connectivity index (χ3v) is 12.2. The number of fused-ring (bicyclic) bond motifs is 15. The van der Waals surface area contributed by atoms with Crippen molar-refractivity contribution in [3.63, 3.8) is 0 Å². The third kappa shape index (κ3) is 3.35. The molecule has 48 heavy (non-hydrogen) atoms. The number of para-hydroxylation sites is 1. The van der Waals surface area contributed by atoms with Gasteiger partial charge in [-0.3, -0.25) is 0 Å². The molecule has 1 nitrogen and oxygen atoms in total. The number of anilines is 3. The van der Waals surface area contributed by atoms with Crippen LogP contribution < -0.4 is 4.90 Å². The molecule has 224 valence electrons. The molecule has 1 heterocycles. The number of rotatable bonds is 3. The van der Waals surface area contributed by atoms with E-state index in [1.165, 1.54) is 87.5 Å². The SMILES string of the molecule is c1ccc(N(c2ccc3c(c2)Cc2ccccc2-3)c2ccc3c(c2)-c2c(sc4ccccc24)C32c3ccccc3-c3ccccc32)cc1. The Morgan fingerprint density at radius 2 is 1.04 bits per heavy atom. The van der Waals surface area contributed by atoms with Gasteiger partial charge in [-0.1, -0.05) is 121 Å². The molecule has 7 aromatic carbocycles. The van der Waals surface area contributed by atoms with Crippen LogP contribution in [0.4, 0.5) is 17.1 Å². The van der Waals surface area contributed by atoms with Crippen LogP contribution in [0.15, 0.2) is 164 Å². The molecule has 11 rings (SSSR count). The number of nitrogens with zero attached hydrogens (tertiary/aromatic N) is 1. The summed E-state index contributed by atoms with van der Waals surface area (Å²) >= 11 is 1.97. The van der Waals surface area contributed by atoms with Crippen molar-refractivity contribution in [2.24, 2.45) is 0 Å². The molecule has 8 aromatic rings. The first kappa shape index (κ1) is 26.4. The van der Waals surface area contributed by atoms with Crippen molar-refractivity contribution in [1.29, 1.82) is 0 Å². The summed E-state index contributed by atoms with van der Waals surface area (Å²) in [5, 5.41) is 1.34. The Balaban J connectivity index is 1.17. The normalized spacial score (nSPS) is 13.9. The van der Waals surface area contributed by atoms with Crippen molar-refractivity contribution in [3.8, 4) is 33.4 Å². The summed E-state index contributed by atoms with van der Waals surface area (Å²) in [6.07, 6.45) is 0.970. The summed E-state index contributed by atoms with van der Waals surface area (Å²) in [6, 6.07) is 61.1. The second kappa shape index (κ2) is 9.67. The fourth-order valence-corrected chi connectivity index (χ4v) is 10.4. The van der Waals surface area contributed by atoms with Crippen LogP contribution in [-0.4, -0.2) is 0 Å². The molecule has 0 N–H and O–H groups in total. The van der Waals surface area contributed by atoms with E-state index in [0.29, 0.717) is 0 Å². The fraction of sp³-hybridized carbons (Fsp3) is 0.0435. The minimum Gasteiger partial charge on any atom is -0.310 e. The van der Waals surface area contributed by atoms with Crippen molar-refractivity contribution in [2.45, 2.75) is 11.8 Å². The second-order valence-electron chi connectivity index (χ2n) is 13.2. The summed E-state index contributed by atoms with van der Waals surface area (Å²) in [7, 11) is 0. The molecule has 0 unspecified atom stereocenters. The summed E-state index contributed by atoms with van der Waals surface area (Å²) in [5.74, 6) is 0. The van der Waals surface area contributed by atoms with Gasteiger partial charge in [0.05, 0.1) is 5.41 Å². The van der Waals surface area contributed by atoms with E-state index in [1.54, 1.807) is 0 Å². The standard InChI is InChI=1S/C46H29NS/c1-2-13-31(14-3-1)47(32-22-24-35-30(27-32)26-29-12-4-5-15-34(29)35)33-23-25-42-39(28-33)44-38-18-8-11-21-43(38)48-45(44)46(42)40-19-9-6-16-36(40)37-17-7-10-20-41(37)46/h1-25,27-28H,26H2. The van der Waals surface area contributed by atoms with Crippen molar-refractivity contribution in [1.82, 2.24) is 0 Å². The molecule has 0 saturated heterocycles. The lowest BCUT2D eigenvalue weighted by Crippen LogP contribution is -2.25. The van der Waals surface area contributed by atoms with Gasteiger partial charge in [0.2, 0.25) is 0 Å². The summed E-state index contributed by atoms with van der Waals surface area (Å²) in [6.45, 7) is 0. The molecule has 2 heteroatoms. The quantitative estimate of drug-likeness (QED) is 0.188. The molecule has 1 spiro atoms. The maximum absolute atomic E-state index is 2.47. The van der Waals surface area contributed by atoms with Crippen molar-refractivity contribution < 1.29 is 0 Å². The van der Waals surface area contributed by atoms with Crippen molar-refractivity contribution >= 4 is 38.5 Å². The van der Waals surface area contributed by atoms with E-state index >= 15 is 0 Å².